The summed E-state index contributed by atoms with van der Waals surface area (Å²) in [6, 6.07) is 9.73. The normalized spacial score (nSPS) is 13.2. The van der Waals surface area contributed by atoms with Crippen LogP contribution in [0.5, 0.6) is 5.75 Å². The molecule has 4 rings (SSSR count). The molecule has 1 saturated heterocycles. The quantitative estimate of drug-likeness (QED) is 0.292. The van der Waals surface area contributed by atoms with Crippen LogP contribution >= 0.6 is 0 Å². The smallest absolute Gasteiger partial charge is 0.338 e. The van der Waals surface area contributed by atoms with Crippen LogP contribution in [0, 0.1) is 15.9 Å². The Labute approximate surface area is 181 Å². The van der Waals surface area contributed by atoms with E-state index < -0.39 is 10.9 Å². The number of anilines is 1. The number of nitro groups is 1. The molecule has 0 spiro atoms. The lowest BCUT2D eigenvalue weighted by atomic mass is 10.1. The Kier molecular flexibility index (Phi) is 6.24. The number of nitro benzene ring substituents is 1. The van der Waals surface area contributed by atoms with Crippen molar-refractivity contribution in [3.05, 3.63) is 75.7 Å². The number of hydrogen-bond donors (Lipinski definition) is 0. The van der Waals surface area contributed by atoms with Crippen LogP contribution in [-0.2, 0) is 18.0 Å². The standard InChI is InChI=1S/C21H19FN4O6/c22-15-4-6-16(7-5-15)30-12-19-23-20(32-24-19)13-31-21(27)14-3-8-17(18(11-14)26(28)29)25-9-1-2-10-25/h3-8,11H,1-2,9-10,12-13H2. The van der Waals surface area contributed by atoms with Crippen molar-refractivity contribution in [1.29, 1.82) is 0 Å². The van der Waals surface area contributed by atoms with Crippen LogP contribution < -0.4 is 9.64 Å². The third kappa shape index (κ3) is 4.99. The molecular weight excluding hydrogens is 423 g/mol. The van der Waals surface area contributed by atoms with Gasteiger partial charge < -0.3 is 18.9 Å². The Morgan fingerprint density at radius 1 is 1.16 bits per heavy atom. The lowest BCUT2D eigenvalue weighted by Gasteiger charge is -2.17. The topological polar surface area (TPSA) is 121 Å². The summed E-state index contributed by atoms with van der Waals surface area (Å²) in [5, 5.41) is 15.2. The van der Waals surface area contributed by atoms with Crippen molar-refractivity contribution in [1.82, 2.24) is 10.1 Å². The van der Waals surface area contributed by atoms with Crippen molar-refractivity contribution in [3.63, 3.8) is 0 Å². The Balaban J connectivity index is 1.35. The molecule has 10 nitrogen and oxygen atoms in total. The summed E-state index contributed by atoms with van der Waals surface area (Å²) in [4.78, 5) is 29.3. The van der Waals surface area contributed by atoms with Crippen LogP contribution in [0.3, 0.4) is 0 Å². The molecule has 0 saturated carbocycles. The fourth-order valence-electron chi connectivity index (χ4n) is 3.32. The Hall–Kier alpha value is -4.02. The number of halogens is 1. The number of benzene rings is 2. The van der Waals surface area contributed by atoms with E-state index >= 15 is 0 Å². The average Bonchev–Trinajstić information content (AvgIpc) is 3.49. The zero-order valence-electron chi connectivity index (χ0n) is 16.9. The Morgan fingerprint density at radius 2 is 1.91 bits per heavy atom. The number of carbonyl (C=O) groups is 1. The predicted octanol–water partition coefficient (Wildman–Crippen LogP) is 3.65. The van der Waals surface area contributed by atoms with Gasteiger partial charge in [0.2, 0.25) is 5.82 Å². The van der Waals surface area contributed by atoms with Crippen LogP contribution in [0.4, 0.5) is 15.8 Å². The van der Waals surface area contributed by atoms with Gasteiger partial charge in [0.25, 0.3) is 11.6 Å². The van der Waals surface area contributed by atoms with Gasteiger partial charge in [-0.25, -0.2) is 9.18 Å². The number of rotatable bonds is 8. The minimum absolute atomic E-state index is 0.0206. The van der Waals surface area contributed by atoms with Gasteiger partial charge in [0, 0.05) is 19.2 Å². The number of carbonyl (C=O) groups excluding carboxylic acids is 1. The fourth-order valence-corrected chi connectivity index (χ4v) is 3.32. The van der Waals surface area contributed by atoms with Gasteiger partial charge in [0.1, 0.15) is 17.3 Å². The average molecular weight is 442 g/mol. The maximum absolute atomic E-state index is 12.9. The highest BCUT2D eigenvalue weighted by atomic mass is 19.1. The summed E-state index contributed by atoms with van der Waals surface area (Å²) in [5.41, 5.74) is 0.408. The maximum atomic E-state index is 12.9. The molecule has 1 aliphatic rings. The molecule has 0 N–H and O–H groups in total. The van der Waals surface area contributed by atoms with Crippen LogP contribution in [0.15, 0.2) is 47.0 Å². The summed E-state index contributed by atoms with van der Waals surface area (Å²) in [6.45, 7) is 1.17. The van der Waals surface area contributed by atoms with E-state index in [0.29, 0.717) is 11.4 Å². The second-order valence-corrected chi connectivity index (χ2v) is 7.08. The molecule has 3 aromatic rings. The highest BCUT2D eigenvalue weighted by Crippen LogP contribution is 2.31. The number of esters is 1. The van der Waals surface area contributed by atoms with Crippen LogP contribution in [0.25, 0.3) is 0 Å². The molecule has 1 aromatic heterocycles. The van der Waals surface area contributed by atoms with Crippen molar-refractivity contribution >= 4 is 17.3 Å². The first kappa shape index (κ1) is 21.2. The second kappa shape index (κ2) is 9.41. The Morgan fingerprint density at radius 3 is 2.62 bits per heavy atom. The molecule has 0 radical (unpaired) electrons. The highest BCUT2D eigenvalue weighted by Gasteiger charge is 2.24. The molecule has 166 valence electrons. The second-order valence-electron chi connectivity index (χ2n) is 7.08. The largest absolute Gasteiger partial charge is 0.485 e. The number of hydrogen-bond acceptors (Lipinski definition) is 9. The van der Waals surface area contributed by atoms with Crippen molar-refractivity contribution in [2.75, 3.05) is 18.0 Å². The van der Waals surface area contributed by atoms with Gasteiger partial charge in [-0.05, 0) is 49.2 Å². The minimum atomic E-state index is -0.747. The molecule has 0 bridgehead atoms. The first-order valence-electron chi connectivity index (χ1n) is 9.90. The first-order chi connectivity index (χ1) is 15.5. The van der Waals surface area contributed by atoms with E-state index in [-0.39, 0.29) is 42.0 Å². The molecule has 32 heavy (non-hydrogen) atoms. The van der Waals surface area contributed by atoms with E-state index in [9.17, 15) is 19.3 Å². The van der Waals surface area contributed by atoms with Crippen molar-refractivity contribution in [3.8, 4) is 5.75 Å². The van der Waals surface area contributed by atoms with Gasteiger partial charge in [-0.2, -0.15) is 4.98 Å². The molecule has 2 heterocycles. The van der Waals surface area contributed by atoms with Gasteiger partial charge in [-0.1, -0.05) is 5.16 Å². The van der Waals surface area contributed by atoms with Gasteiger partial charge in [-0.15, -0.1) is 0 Å². The molecule has 0 atom stereocenters. The van der Waals surface area contributed by atoms with Gasteiger partial charge in [0.05, 0.1) is 10.5 Å². The van der Waals surface area contributed by atoms with Crippen LogP contribution in [-0.4, -0.2) is 34.1 Å². The number of nitrogens with zero attached hydrogens (tertiary/aromatic N) is 4. The molecule has 2 aromatic carbocycles. The van der Waals surface area contributed by atoms with E-state index in [1.807, 2.05) is 4.90 Å². The highest BCUT2D eigenvalue weighted by molar-refractivity contribution is 5.91. The number of aromatic nitrogens is 2. The third-order valence-electron chi connectivity index (χ3n) is 4.87. The summed E-state index contributed by atoms with van der Waals surface area (Å²) in [5.74, 6) is -0.436. The van der Waals surface area contributed by atoms with Crippen LogP contribution in [0.1, 0.15) is 34.9 Å². The van der Waals surface area contributed by atoms with Crippen molar-refractivity contribution < 1.29 is 28.1 Å². The molecule has 0 aliphatic carbocycles. The van der Waals surface area contributed by atoms with Gasteiger partial charge in [0.15, 0.2) is 13.2 Å². The van der Waals surface area contributed by atoms with E-state index in [1.54, 1.807) is 6.07 Å². The fraction of sp³-hybridized carbons (Fsp3) is 0.286. The van der Waals surface area contributed by atoms with E-state index in [1.165, 1.54) is 36.4 Å². The summed E-state index contributed by atoms with van der Waals surface area (Å²) >= 11 is 0. The molecule has 11 heteroatoms. The van der Waals surface area contributed by atoms with E-state index in [0.717, 1.165) is 25.9 Å². The Bertz CT molecular complexity index is 1110. The predicted molar refractivity (Wildman–Crippen MR) is 109 cm³/mol. The molecule has 1 fully saturated rings. The van der Waals surface area contributed by atoms with E-state index in [4.69, 9.17) is 14.0 Å². The van der Waals surface area contributed by atoms with Gasteiger partial charge >= 0.3 is 5.97 Å². The van der Waals surface area contributed by atoms with Crippen molar-refractivity contribution in [2.45, 2.75) is 26.1 Å². The maximum Gasteiger partial charge on any atom is 0.338 e. The zero-order valence-corrected chi connectivity index (χ0v) is 16.9. The third-order valence-corrected chi connectivity index (χ3v) is 4.87. The lowest BCUT2D eigenvalue weighted by molar-refractivity contribution is -0.384. The molecule has 0 amide bonds. The molecule has 1 aliphatic heterocycles. The lowest BCUT2D eigenvalue weighted by Crippen LogP contribution is -2.19. The van der Waals surface area contributed by atoms with Gasteiger partial charge in [-0.3, -0.25) is 10.1 Å². The SMILES string of the molecule is O=C(OCc1nc(COc2ccc(F)cc2)no1)c1ccc(N2CCCC2)c([N+](=O)[O-])c1. The first-order valence-corrected chi connectivity index (χ1v) is 9.90. The minimum Gasteiger partial charge on any atom is -0.485 e. The van der Waals surface area contributed by atoms with E-state index in [2.05, 4.69) is 10.1 Å². The summed E-state index contributed by atoms with van der Waals surface area (Å²) < 4.78 is 28.5. The number of ether oxygens (including phenoxy) is 2. The molecule has 0 unspecified atom stereocenters. The van der Waals surface area contributed by atoms with Crippen LogP contribution in [0.2, 0.25) is 0 Å². The zero-order chi connectivity index (χ0) is 22.5. The van der Waals surface area contributed by atoms with Crippen molar-refractivity contribution in [2.24, 2.45) is 0 Å². The monoisotopic (exact) mass is 442 g/mol. The summed E-state index contributed by atoms with van der Waals surface area (Å²) in [7, 11) is 0. The molecular formula is C21H19FN4O6. The summed E-state index contributed by atoms with van der Waals surface area (Å²) in [6.07, 6.45) is 1.95.